The Morgan fingerprint density at radius 2 is 1.75 bits per heavy atom. The van der Waals surface area contributed by atoms with E-state index in [1.54, 1.807) is 24.3 Å². The lowest BCUT2D eigenvalue weighted by Gasteiger charge is -2.05. The quantitative estimate of drug-likeness (QED) is 0.389. The number of hydrogen-bond acceptors (Lipinski definition) is 3. The summed E-state index contributed by atoms with van der Waals surface area (Å²) in [5, 5.41) is 0. The van der Waals surface area contributed by atoms with Gasteiger partial charge in [-0.3, -0.25) is 4.18 Å². The molecule has 112 valence electrons. The van der Waals surface area contributed by atoms with Crippen LogP contribution in [-0.4, -0.2) is 15.0 Å². The van der Waals surface area contributed by atoms with Gasteiger partial charge in [-0.15, -0.1) is 0 Å². The van der Waals surface area contributed by atoms with Crippen molar-refractivity contribution in [2.24, 2.45) is 0 Å². The van der Waals surface area contributed by atoms with E-state index in [9.17, 15) is 8.42 Å². The van der Waals surface area contributed by atoms with Crippen LogP contribution in [0.25, 0.3) is 0 Å². The molecule has 1 aromatic carbocycles. The molecule has 0 aliphatic carbocycles. The molecule has 0 atom stereocenters. The number of aryl methyl sites for hydroxylation is 1. The van der Waals surface area contributed by atoms with Crippen molar-refractivity contribution >= 4 is 10.1 Å². The van der Waals surface area contributed by atoms with Crippen molar-refractivity contribution in [2.75, 3.05) is 6.61 Å². The lowest BCUT2D eigenvalue weighted by atomic mass is 10.2. The van der Waals surface area contributed by atoms with Gasteiger partial charge in [-0.2, -0.15) is 8.42 Å². The second-order valence-corrected chi connectivity index (χ2v) is 6.43. The molecule has 0 unspecified atom stereocenters. The zero-order chi connectivity index (χ0) is 14.8. The van der Waals surface area contributed by atoms with Gasteiger partial charge in [0.15, 0.2) is 0 Å². The fourth-order valence-electron chi connectivity index (χ4n) is 1.77. The van der Waals surface area contributed by atoms with E-state index in [-0.39, 0.29) is 11.5 Å². The lowest BCUT2D eigenvalue weighted by molar-refractivity contribution is 0.307. The van der Waals surface area contributed by atoms with E-state index in [2.05, 4.69) is 19.1 Å². The van der Waals surface area contributed by atoms with E-state index < -0.39 is 10.1 Å². The highest BCUT2D eigenvalue weighted by molar-refractivity contribution is 7.86. The SMILES string of the molecule is CC/C=C/CCCCCOS(=O)(=O)c1ccc(C)cc1. The molecule has 0 N–H and O–H groups in total. The summed E-state index contributed by atoms with van der Waals surface area (Å²) in [6.07, 6.45) is 9.27. The highest BCUT2D eigenvalue weighted by atomic mass is 32.2. The van der Waals surface area contributed by atoms with Crippen molar-refractivity contribution in [1.29, 1.82) is 0 Å². The second-order valence-electron chi connectivity index (χ2n) is 4.82. The van der Waals surface area contributed by atoms with Gasteiger partial charge in [0, 0.05) is 0 Å². The van der Waals surface area contributed by atoms with Crippen molar-refractivity contribution < 1.29 is 12.6 Å². The Bertz CT molecular complexity index is 501. The van der Waals surface area contributed by atoms with Crippen LogP contribution in [0, 0.1) is 6.92 Å². The first kappa shape index (κ1) is 16.9. The Kier molecular flexibility index (Phi) is 7.55. The third-order valence-electron chi connectivity index (χ3n) is 2.97. The van der Waals surface area contributed by atoms with Gasteiger partial charge in [-0.1, -0.05) is 43.2 Å². The Morgan fingerprint density at radius 3 is 2.40 bits per heavy atom. The number of hydrogen-bond donors (Lipinski definition) is 0. The zero-order valence-electron chi connectivity index (χ0n) is 12.3. The molecule has 0 heterocycles. The molecule has 1 rings (SSSR count). The van der Waals surface area contributed by atoms with E-state index in [1.807, 2.05) is 6.92 Å². The first-order chi connectivity index (χ1) is 9.56. The van der Waals surface area contributed by atoms with Crippen LogP contribution in [-0.2, 0) is 14.3 Å². The Morgan fingerprint density at radius 1 is 1.05 bits per heavy atom. The molecule has 0 fully saturated rings. The van der Waals surface area contributed by atoms with Crippen LogP contribution in [0.3, 0.4) is 0 Å². The summed E-state index contributed by atoms with van der Waals surface area (Å²) < 4.78 is 28.8. The van der Waals surface area contributed by atoms with Crippen molar-refractivity contribution in [3.63, 3.8) is 0 Å². The third-order valence-corrected chi connectivity index (χ3v) is 4.29. The van der Waals surface area contributed by atoms with Gasteiger partial charge < -0.3 is 0 Å². The van der Waals surface area contributed by atoms with Gasteiger partial charge in [-0.25, -0.2) is 0 Å². The highest BCUT2D eigenvalue weighted by Crippen LogP contribution is 2.14. The van der Waals surface area contributed by atoms with Gasteiger partial charge in [0.05, 0.1) is 11.5 Å². The maximum atomic E-state index is 11.9. The summed E-state index contributed by atoms with van der Waals surface area (Å²) in [7, 11) is -3.59. The van der Waals surface area contributed by atoms with Crippen LogP contribution in [0.2, 0.25) is 0 Å². The number of unbranched alkanes of at least 4 members (excludes halogenated alkanes) is 3. The molecule has 20 heavy (non-hydrogen) atoms. The normalized spacial score (nSPS) is 12.1. The Balaban J connectivity index is 2.27. The van der Waals surface area contributed by atoms with E-state index in [4.69, 9.17) is 4.18 Å². The minimum atomic E-state index is -3.59. The summed E-state index contributed by atoms with van der Waals surface area (Å²) in [5.41, 5.74) is 1.03. The van der Waals surface area contributed by atoms with E-state index in [0.29, 0.717) is 0 Å². The summed E-state index contributed by atoms with van der Waals surface area (Å²) in [4.78, 5) is 0.231. The molecule has 3 nitrogen and oxygen atoms in total. The van der Waals surface area contributed by atoms with Crippen molar-refractivity contribution in [2.45, 2.75) is 50.8 Å². The van der Waals surface area contributed by atoms with E-state index in [0.717, 1.165) is 37.7 Å². The van der Waals surface area contributed by atoms with Crippen molar-refractivity contribution in [3.8, 4) is 0 Å². The second kappa shape index (κ2) is 8.93. The number of benzene rings is 1. The van der Waals surface area contributed by atoms with Gasteiger partial charge >= 0.3 is 0 Å². The van der Waals surface area contributed by atoms with E-state index in [1.165, 1.54) is 0 Å². The largest absolute Gasteiger partial charge is 0.296 e. The maximum Gasteiger partial charge on any atom is 0.296 e. The molecule has 0 spiro atoms. The van der Waals surface area contributed by atoms with Gasteiger partial charge in [0.2, 0.25) is 0 Å². The molecule has 0 saturated carbocycles. The molecule has 0 aromatic heterocycles. The Labute approximate surface area is 122 Å². The standard InChI is InChI=1S/C16H24O3S/c1-3-4-5-6-7-8-9-14-19-20(17,18)16-12-10-15(2)11-13-16/h4-5,10-13H,3,6-9,14H2,1-2H3/b5-4+. The monoisotopic (exact) mass is 296 g/mol. The maximum absolute atomic E-state index is 11.9. The van der Waals surface area contributed by atoms with Crippen LogP contribution >= 0.6 is 0 Å². The van der Waals surface area contributed by atoms with Gasteiger partial charge in [0.25, 0.3) is 10.1 Å². The topological polar surface area (TPSA) is 43.4 Å². The molecular formula is C16H24O3S. The molecule has 4 heteroatoms. The minimum Gasteiger partial charge on any atom is -0.266 e. The fraction of sp³-hybridized carbons (Fsp3) is 0.500. The summed E-state index contributed by atoms with van der Waals surface area (Å²) in [6.45, 7) is 4.29. The number of allylic oxidation sites excluding steroid dienone is 2. The molecule has 1 aromatic rings. The molecule has 0 bridgehead atoms. The average molecular weight is 296 g/mol. The van der Waals surface area contributed by atoms with Gasteiger partial charge in [0.1, 0.15) is 0 Å². The van der Waals surface area contributed by atoms with Crippen molar-refractivity contribution in [1.82, 2.24) is 0 Å². The average Bonchev–Trinajstić information content (AvgIpc) is 2.42. The van der Waals surface area contributed by atoms with Crippen LogP contribution < -0.4 is 0 Å². The first-order valence-electron chi connectivity index (χ1n) is 7.17. The van der Waals surface area contributed by atoms with E-state index >= 15 is 0 Å². The van der Waals surface area contributed by atoms with Crippen LogP contribution in [0.4, 0.5) is 0 Å². The van der Waals surface area contributed by atoms with Crippen LogP contribution in [0.15, 0.2) is 41.3 Å². The smallest absolute Gasteiger partial charge is 0.266 e. The summed E-state index contributed by atoms with van der Waals surface area (Å²) >= 11 is 0. The summed E-state index contributed by atoms with van der Waals surface area (Å²) in [5.74, 6) is 0. The molecule has 0 amide bonds. The molecule has 0 aliphatic heterocycles. The predicted molar refractivity (Wildman–Crippen MR) is 82.2 cm³/mol. The number of rotatable bonds is 9. The molecule has 0 aliphatic rings. The minimum absolute atomic E-state index is 0.231. The van der Waals surface area contributed by atoms with Crippen molar-refractivity contribution in [3.05, 3.63) is 42.0 Å². The molecule has 0 radical (unpaired) electrons. The third kappa shape index (κ3) is 6.35. The van der Waals surface area contributed by atoms with Gasteiger partial charge in [-0.05, 0) is 44.7 Å². The Hall–Kier alpha value is -1.13. The zero-order valence-corrected chi connectivity index (χ0v) is 13.2. The van der Waals surface area contributed by atoms with Crippen LogP contribution in [0.5, 0.6) is 0 Å². The lowest BCUT2D eigenvalue weighted by Crippen LogP contribution is -2.07. The fourth-order valence-corrected chi connectivity index (χ4v) is 2.71. The first-order valence-corrected chi connectivity index (χ1v) is 8.58. The highest BCUT2D eigenvalue weighted by Gasteiger charge is 2.13. The molecule has 0 saturated heterocycles. The summed E-state index contributed by atoms with van der Waals surface area (Å²) in [6, 6.07) is 6.72. The molecular weight excluding hydrogens is 272 g/mol. The van der Waals surface area contributed by atoms with Crippen LogP contribution in [0.1, 0.15) is 44.6 Å². The predicted octanol–water partition coefficient (Wildman–Crippen LogP) is 4.23.